The average molecular weight is 274 g/mol. The summed E-state index contributed by atoms with van der Waals surface area (Å²) >= 11 is 5.26. The summed E-state index contributed by atoms with van der Waals surface area (Å²) in [4.78, 5) is 3.36. The Morgan fingerprint density at radius 3 is 1.86 bits per heavy atom. The Labute approximate surface area is 105 Å². The Morgan fingerprint density at radius 1 is 1.00 bits per heavy atom. The molecule has 0 aromatic carbocycles. The van der Waals surface area contributed by atoms with Crippen molar-refractivity contribution in [1.82, 2.24) is 0 Å². The second-order valence-electron chi connectivity index (χ2n) is 2.46. The molecule has 0 unspecified atom stereocenters. The first-order chi connectivity index (χ1) is 6.84. The molecule has 0 nitrogen and oxygen atoms in total. The van der Waals surface area contributed by atoms with Gasteiger partial charge in [0.15, 0.2) is 0 Å². The summed E-state index contributed by atoms with van der Waals surface area (Å²) < 4.78 is 0. The van der Waals surface area contributed by atoms with Crippen LogP contribution >= 0.6 is 55.4 Å². The molecule has 0 aliphatic carbocycles. The quantitative estimate of drug-likeness (QED) is 0.396. The minimum absolute atomic E-state index is 0.898. The first-order valence-corrected chi connectivity index (χ1v) is 8.65. The summed E-state index contributed by atoms with van der Waals surface area (Å²) in [7, 11) is 6.96. The molecular formula is C9H6S5. The van der Waals surface area contributed by atoms with E-state index in [9.17, 15) is 0 Å². The normalized spacial score (nSPS) is 25.4. The molecule has 0 saturated carbocycles. The van der Waals surface area contributed by atoms with Crippen molar-refractivity contribution in [1.29, 1.82) is 0 Å². The third-order valence-corrected chi connectivity index (χ3v) is 5.65. The Hall–Kier alpha value is 0.450. The smallest absolute Gasteiger partial charge is 0.0399 e. The monoisotopic (exact) mass is 274 g/mol. The van der Waals surface area contributed by atoms with Crippen LogP contribution in [0, 0.1) is 0 Å². The molecule has 2 aliphatic rings. The molecule has 0 aromatic heterocycles. The topological polar surface area (TPSA) is 0 Å². The van der Waals surface area contributed by atoms with Crippen molar-refractivity contribution in [3.8, 4) is 0 Å². The summed E-state index contributed by atoms with van der Waals surface area (Å²) in [5.41, 5.74) is 0. The van der Waals surface area contributed by atoms with Gasteiger partial charge in [0.05, 0.1) is 0 Å². The van der Waals surface area contributed by atoms with E-state index in [1.165, 1.54) is 9.81 Å². The SMILES string of the molecule is S=C(/C=C1/C=CSS1)/C=C1/C=CSS1. The molecule has 5 heteroatoms. The Kier molecular flexibility index (Phi) is 4.31. The fourth-order valence-corrected chi connectivity index (χ4v) is 4.74. The Morgan fingerprint density at radius 2 is 1.50 bits per heavy atom. The van der Waals surface area contributed by atoms with Crippen LogP contribution < -0.4 is 0 Å². The lowest BCUT2D eigenvalue weighted by Crippen LogP contribution is -1.83. The molecule has 0 spiro atoms. The van der Waals surface area contributed by atoms with Gasteiger partial charge < -0.3 is 0 Å². The molecule has 2 aliphatic heterocycles. The van der Waals surface area contributed by atoms with E-state index in [1.54, 1.807) is 43.2 Å². The third kappa shape index (κ3) is 3.24. The van der Waals surface area contributed by atoms with Crippen molar-refractivity contribution in [2.45, 2.75) is 0 Å². The Balaban J connectivity index is 2.02. The fraction of sp³-hybridized carbons (Fsp3) is 0. The molecule has 0 amide bonds. The highest BCUT2D eigenvalue weighted by Gasteiger charge is 2.04. The second-order valence-corrected chi connectivity index (χ2v) is 7.29. The predicted octanol–water partition coefficient (Wildman–Crippen LogP) is 4.94. The molecule has 0 aromatic rings. The second kappa shape index (κ2) is 5.51. The van der Waals surface area contributed by atoms with Crippen LogP contribution in [-0.4, -0.2) is 4.86 Å². The molecule has 0 bridgehead atoms. The molecule has 14 heavy (non-hydrogen) atoms. The number of hydrogen-bond donors (Lipinski definition) is 0. The van der Waals surface area contributed by atoms with Crippen molar-refractivity contribution in [2.75, 3.05) is 0 Å². The van der Waals surface area contributed by atoms with E-state index >= 15 is 0 Å². The van der Waals surface area contributed by atoms with Crippen LogP contribution in [0.25, 0.3) is 0 Å². The molecule has 2 rings (SSSR count). The lowest BCUT2D eigenvalue weighted by Gasteiger charge is -1.93. The summed E-state index contributed by atoms with van der Waals surface area (Å²) in [5, 5.41) is 4.15. The summed E-state index contributed by atoms with van der Waals surface area (Å²) in [6.07, 6.45) is 8.26. The van der Waals surface area contributed by atoms with Gasteiger partial charge in [-0.05, 0) is 35.1 Å². The number of allylic oxidation sites excluding steroid dienone is 4. The van der Waals surface area contributed by atoms with Crippen molar-refractivity contribution in [2.24, 2.45) is 0 Å². The zero-order valence-corrected chi connectivity index (χ0v) is 11.1. The minimum Gasteiger partial charge on any atom is -0.0800 e. The van der Waals surface area contributed by atoms with E-state index < -0.39 is 0 Å². The average Bonchev–Trinajstić information content (AvgIpc) is 2.76. The van der Waals surface area contributed by atoms with E-state index in [0.29, 0.717) is 0 Å². The van der Waals surface area contributed by atoms with Gasteiger partial charge in [0.25, 0.3) is 0 Å². The molecule has 2 heterocycles. The van der Waals surface area contributed by atoms with E-state index in [4.69, 9.17) is 12.2 Å². The summed E-state index contributed by atoms with van der Waals surface area (Å²) in [6.45, 7) is 0. The Bertz CT molecular complexity index is 327. The zero-order valence-electron chi connectivity index (χ0n) is 7.01. The van der Waals surface area contributed by atoms with Crippen LogP contribution in [0.15, 0.2) is 44.9 Å². The molecule has 0 N–H and O–H groups in total. The molecule has 0 fully saturated rings. The van der Waals surface area contributed by atoms with Crippen molar-refractivity contribution in [3.63, 3.8) is 0 Å². The van der Waals surface area contributed by atoms with Crippen LogP contribution in [0.1, 0.15) is 0 Å². The highest BCUT2D eigenvalue weighted by molar-refractivity contribution is 8.80. The standard InChI is InChI=1S/C9H6S5/c10-7(5-8-1-3-11-13-8)6-9-2-4-12-14-9/h1-6H/b8-5-,9-6-. The van der Waals surface area contributed by atoms with Crippen molar-refractivity contribution >= 4 is 60.3 Å². The van der Waals surface area contributed by atoms with Crippen LogP contribution in [0.5, 0.6) is 0 Å². The summed E-state index contributed by atoms with van der Waals surface area (Å²) in [6, 6.07) is 0. The van der Waals surface area contributed by atoms with Gasteiger partial charge in [0.1, 0.15) is 0 Å². The predicted molar refractivity (Wildman–Crippen MR) is 77.4 cm³/mol. The van der Waals surface area contributed by atoms with Crippen LogP contribution in [-0.2, 0) is 0 Å². The molecule has 72 valence electrons. The largest absolute Gasteiger partial charge is 0.0800 e. The van der Waals surface area contributed by atoms with Crippen molar-refractivity contribution in [3.05, 3.63) is 44.9 Å². The first-order valence-electron chi connectivity index (χ1n) is 3.82. The molecule has 0 atom stereocenters. The van der Waals surface area contributed by atoms with Crippen LogP contribution in [0.2, 0.25) is 0 Å². The van der Waals surface area contributed by atoms with E-state index in [-0.39, 0.29) is 0 Å². The van der Waals surface area contributed by atoms with E-state index in [1.807, 2.05) is 12.2 Å². The van der Waals surface area contributed by atoms with E-state index in [0.717, 1.165) is 4.86 Å². The van der Waals surface area contributed by atoms with Crippen LogP contribution in [0.4, 0.5) is 0 Å². The van der Waals surface area contributed by atoms with Gasteiger partial charge in [0, 0.05) is 14.7 Å². The van der Waals surface area contributed by atoms with Crippen LogP contribution in [0.3, 0.4) is 0 Å². The number of thiocarbonyl (C=S) groups is 1. The highest BCUT2D eigenvalue weighted by Crippen LogP contribution is 2.40. The first kappa shape index (κ1) is 11.0. The van der Waals surface area contributed by atoms with Gasteiger partial charge in [-0.2, -0.15) is 0 Å². The maximum atomic E-state index is 5.26. The van der Waals surface area contributed by atoms with Gasteiger partial charge >= 0.3 is 0 Å². The third-order valence-electron chi connectivity index (χ3n) is 1.43. The van der Waals surface area contributed by atoms with Crippen molar-refractivity contribution < 1.29 is 0 Å². The molecule has 0 saturated heterocycles. The van der Waals surface area contributed by atoms with Gasteiger partial charge in [-0.1, -0.05) is 55.4 Å². The number of rotatable bonds is 2. The van der Waals surface area contributed by atoms with Gasteiger partial charge in [0.2, 0.25) is 0 Å². The minimum atomic E-state index is 0.898. The molecular weight excluding hydrogens is 268 g/mol. The molecule has 0 radical (unpaired) electrons. The zero-order chi connectivity index (χ0) is 9.80. The van der Waals surface area contributed by atoms with E-state index in [2.05, 4.69) is 23.0 Å². The lowest BCUT2D eigenvalue weighted by molar-refractivity contribution is 1.96. The fourth-order valence-electron chi connectivity index (χ4n) is 0.878. The summed E-state index contributed by atoms with van der Waals surface area (Å²) in [5.74, 6) is 0. The number of hydrogen-bond acceptors (Lipinski definition) is 5. The van der Waals surface area contributed by atoms with Gasteiger partial charge in [-0.25, -0.2) is 0 Å². The van der Waals surface area contributed by atoms with Gasteiger partial charge in [-0.3, -0.25) is 0 Å². The van der Waals surface area contributed by atoms with Gasteiger partial charge in [-0.15, -0.1) is 0 Å². The lowest BCUT2D eigenvalue weighted by atomic mass is 10.3. The highest BCUT2D eigenvalue weighted by atomic mass is 33.1. The maximum Gasteiger partial charge on any atom is 0.0399 e. The maximum absolute atomic E-state index is 5.26.